The van der Waals surface area contributed by atoms with Crippen molar-refractivity contribution in [2.45, 2.75) is 10.1 Å². The number of carbonyl (C=O) groups is 1. The number of H-pyrrole nitrogens is 1. The number of nitro benzene ring substituents is 2. The second kappa shape index (κ2) is 11.4. The van der Waals surface area contributed by atoms with E-state index in [1.165, 1.54) is 36.5 Å². The number of rotatable bonds is 8. The number of halogens is 2. The van der Waals surface area contributed by atoms with Crippen LogP contribution in [-0.4, -0.2) is 37.1 Å². The summed E-state index contributed by atoms with van der Waals surface area (Å²) in [6, 6.07) is 15.2. The van der Waals surface area contributed by atoms with Crippen molar-refractivity contribution in [3.63, 3.8) is 0 Å². The Bertz CT molecular complexity index is 1840. The van der Waals surface area contributed by atoms with Crippen molar-refractivity contribution >= 4 is 79.9 Å². The van der Waals surface area contributed by atoms with E-state index in [1.54, 1.807) is 30.3 Å². The first-order chi connectivity index (χ1) is 19.2. The average Bonchev–Trinajstić information content (AvgIpc) is 3.56. The second-order valence-electron chi connectivity index (χ2n) is 7.97. The Morgan fingerprint density at radius 3 is 2.62 bits per heavy atom. The molecule has 1 amide bonds. The van der Waals surface area contributed by atoms with Crippen molar-refractivity contribution in [3.05, 3.63) is 101 Å². The molecule has 40 heavy (non-hydrogen) atoms. The number of thiophene rings is 1. The number of nitrogens with one attached hydrogen (secondary N) is 2. The zero-order valence-corrected chi connectivity index (χ0v) is 22.8. The number of carbonyl (C=O) groups excluding carboxylic acids is 1. The molecule has 3 aromatic carbocycles. The maximum Gasteiger partial charge on any atom is 0.283 e. The van der Waals surface area contributed by atoms with Crippen molar-refractivity contribution in [1.82, 2.24) is 20.6 Å². The van der Waals surface area contributed by atoms with Gasteiger partial charge in [0.2, 0.25) is 5.16 Å². The van der Waals surface area contributed by atoms with Gasteiger partial charge in [-0.3, -0.25) is 30.1 Å². The highest BCUT2D eigenvalue weighted by Crippen LogP contribution is 2.35. The summed E-state index contributed by atoms with van der Waals surface area (Å²) in [5.74, 6) is -0.147. The van der Waals surface area contributed by atoms with E-state index < -0.39 is 15.8 Å². The van der Waals surface area contributed by atoms with E-state index in [1.807, 2.05) is 0 Å². The zero-order valence-electron chi connectivity index (χ0n) is 19.7. The highest BCUT2D eigenvalue weighted by atomic mass is 35.5. The SMILES string of the molecule is O=C(N/N=C/c1ccc(Sc2n[nH]c(-c3ccc(Cl)cc3Cl)n2)c([N+](=O)[O-])c1)c1cc2cc([N+](=O)[O-])ccc2s1. The molecule has 16 heteroatoms. The van der Waals surface area contributed by atoms with Crippen LogP contribution < -0.4 is 5.43 Å². The lowest BCUT2D eigenvalue weighted by molar-refractivity contribution is -0.387. The van der Waals surface area contributed by atoms with Crippen molar-refractivity contribution < 1.29 is 14.6 Å². The summed E-state index contributed by atoms with van der Waals surface area (Å²) in [6.45, 7) is 0. The lowest BCUT2D eigenvalue weighted by Gasteiger charge is -2.02. The smallest absolute Gasteiger partial charge is 0.266 e. The molecule has 5 rings (SSSR count). The van der Waals surface area contributed by atoms with Gasteiger partial charge in [0, 0.05) is 44.4 Å². The molecular weight excluding hydrogens is 601 g/mol. The molecule has 0 saturated carbocycles. The van der Waals surface area contributed by atoms with Crippen LogP contribution in [0.2, 0.25) is 10.0 Å². The molecule has 0 bridgehead atoms. The van der Waals surface area contributed by atoms with Crippen LogP contribution in [0.5, 0.6) is 0 Å². The molecule has 0 spiro atoms. The highest BCUT2D eigenvalue weighted by molar-refractivity contribution is 7.99. The van der Waals surface area contributed by atoms with E-state index in [4.69, 9.17) is 23.2 Å². The van der Waals surface area contributed by atoms with Crippen molar-refractivity contribution in [2.75, 3.05) is 0 Å². The summed E-state index contributed by atoms with van der Waals surface area (Å²) in [6.07, 6.45) is 1.27. The third-order valence-electron chi connectivity index (χ3n) is 5.35. The van der Waals surface area contributed by atoms with Crippen LogP contribution in [0.3, 0.4) is 0 Å². The summed E-state index contributed by atoms with van der Waals surface area (Å²) in [7, 11) is 0. The number of non-ortho nitro benzene ring substituents is 1. The third-order valence-corrected chi connectivity index (χ3v) is 7.94. The van der Waals surface area contributed by atoms with Crippen molar-refractivity contribution in [3.8, 4) is 11.4 Å². The number of fused-ring (bicyclic) bond motifs is 1. The van der Waals surface area contributed by atoms with Crippen LogP contribution in [0.4, 0.5) is 11.4 Å². The number of hydrazone groups is 1. The number of hydrogen-bond acceptors (Lipinski definition) is 10. The Hall–Kier alpha value is -4.37. The van der Waals surface area contributed by atoms with Crippen LogP contribution in [0.25, 0.3) is 21.5 Å². The van der Waals surface area contributed by atoms with E-state index in [0.29, 0.717) is 46.9 Å². The van der Waals surface area contributed by atoms with Crippen LogP contribution in [0, 0.1) is 20.2 Å². The lowest BCUT2D eigenvalue weighted by atomic mass is 10.2. The summed E-state index contributed by atoms with van der Waals surface area (Å²) >= 11 is 14.3. The van der Waals surface area contributed by atoms with Gasteiger partial charge in [-0.05, 0) is 48.2 Å². The van der Waals surface area contributed by atoms with Crippen LogP contribution in [0.1, 0.15) is 15.2 Å². The van der Waals surface area contributed by atoms with Gasteiger partial charge in [-0.15, -0.1) is 16.4 Å². The quantitative estimate of drug-likeness (QED) is 0.110. The number of nitro groups is 2. The summed E-state index contributed by atoms with van der Waals surface area (Å²) in [4.78, 5) is 39.1. The van der Waals surface area contributed by atoms with Crippen LogP contribution in [0.15, 0.2) is 75.8 Å². The fourth-order valence-corrected chi connectivity index (χ4v) is 5.74. The molecule has 12 nitrogen and oxygen atoms in total. The third kappa shape index (κ3) is 5.94. The van der Waals surface area contributed by atoms with Crippen molar-refractivity contribution in [1.29, 1.82) is 0 Å². The van der Waals surface area contributed by atoms with Crippen LogP contribution >= 0.6 is 46.3 Å². The maximum absolute atomic E-state index is 12.5. The predicted octanol–water partition coefficient (Wildman–Crippen LogP) is 6.72. The van der Waals surface area contributed by atoms with E-state index in [9.17, 15) is 25.0 Å². The molecule has 2 N–H and O–H groups in total. The standard InChI is InChI=1S/C24H13Cl2N7O5S2/c25-14-2-4-16(17(26)10-14)22-28-24(31-29-22)40-20-5-1-12(7-18(20)33(37)38)11-27-30-23(34)21-9-13-8-15(32(35)36)3-6-19(13)39-21/h1-11H,(H,30,34)(H,28,29,31)/b27-11+. The van der Waals surface area contributed by atoms with Crippen molar-refractivity contribution in [2.24, 2.45) is 5.10 Å². The molecule has 2 heterocycles. The van der Waals surface area contributed by atoms with E-state index in [0.717, 1.165) is 23.1 Å². The summed E-state index contributed by atoms with van der Waals surface area (Å²) in [5, 5.41) is 35.1. The predicted molar refractivity (Wildman–Crippen MR) is 153 cm³/mol. The number of aromatic amines is 1. The van der Waals surface area contributed by atoms with E-state index in [-0.39, 0.29) is 16.5 Å². The number of benzene rings is 3. The maximum atomic E-state index is 12.5. The summed E-state index contributed by atoms with van der Waals surface area (Å²) in [5.41, 5.74) is 3.02. The van der Waals surface area contributed by atoms with Gasteiger partial charge in [0.15, 0.2) is 5.82 Å². The van der Waals surface area contributed by atoms with E-state index >= 15 is 0 Å². The van der Waals surface area contributed by atoms with Gasteiger partial charge >= 0.3 is 0 Å². The second-order valence-corrected chi connectivity index (χ2v) is 10.9. The molecule has 0 aliphatic carbocycles. The van der Waals surface area contributed by atoms with Gasteiger partial charge < -0.3 is 0 Å². The molecule has 200 valence electrons. The van der Waals surface area contributed by atoms with Gasteiger partial charge in [-0.1, -0.05) is 29.3 Å². The average molecular weight is 614 g/mol. The number of amides is 1. The number of hydrogen-bond donors (Lipinski definition) is 2. The van der Waals surface area contributed by atoms with E-state index in [2.05, 4.69) is 25.7 Å². The highest BCUT2D eigenvalue weighted by Gasteiger charge is 2.19. The lowest BCUT2D eigenvalue weighted by Crippen LogP contribution is -2.16. The molecular formula is C24H13Cl2N7O5S2. The Balaban J connectivity index is 1.29. The minimum atomic E-state index is -0.543. The Morgan fingerprint density at radius 2 is 1.88 bits per heavy atom. The number of aromatic nitrogens is 3. The first-order valence-corrected chi connectivity index (χ1v) is 13.4. The Labute approximate surface area is 242 Å². The van der Waals surface area contributed by atoms with Gasteiger partial charge in [-0.2, -0.15) is 5.10 Å². The fourth-order valence-electron chi connectivity index (χ4n) is 3.51. The van der Waals surface area contributed by atoms with Gasteiger partial charge in [0.1, 0.15) is 0 Å². The largest absolute Gasteiger partial charge is 0.283 e. The van der Waals surface area contributed by atoms with Gasteiger partial charge in [0.25, 0.3) is 17.3 Å². The molecule has 5 aromatic rings. The monoisotopic (exact) mass is 613 g/mol. The Kier molecular flexibility index (Phi) is 7.75. The van der Waals surface area contributed by atoms with Gasteiger partial charge in [-0.25, -0.2) is 10.4 Å². The molecule has 0 saturated heterocycles. The normalized spacial score (nSPS) is 11.2. The first kappa shape index (κ1) is 27.2. The fraction of sp³-hybridized carbons (Fsp3) is 0. The van der Waals surface area contributed by atoms with Crippen LogP contribution in [-0.2, 0) is 0 Å². The minimum absolute atomic E-state index is 0.0760. The zero-order chi connectivity index (χ0) is 28.4. The molecule has 2 aromatic heterocycles. The first-order valence-electron chi connectivity index (χ1n) is 11.0. The summed E-state index contributed by atoms with van der Waals surface area (Å²) < 4.78 is 0.707. The molecule has 0 fully saturated rings. The Morgan fingerprint density at radius 1 is 1.05 bits per heavy atom. The molecule has 0 atom stereocenters. The topological polar surface area (TPSA) is 169 Å². The van der Waals surface area contributed by atoms with Gasteiger partial charge in [0.05, 0.1) is 30.9 Å². The number of nitrogens with zero attached hydrogens (tertiary/aromatic N) is 5. The molecule has 0 unspecified atom stereocenters. The molecule has 0 aliphatic heterocycles. The molecule has 0 aliphatic rings. The molecule has 0 radical (unpaired) electrons. The minimum Gasteiger partial charge on any atom is -0.266 e.